The average Bonchev–Trinajstić information content (AvgIpc) is 2.48. The van der Waals surface area contributed by atoms with Gasteiger partial charge in [0.25, 0.3) is 0 Å². The van der Waals surface area contributed by atoms with E-state index in [1.807, 2.05) is 0 Å². The fourth-order valence-corrected chi connectivity index (χ4v) is 1.63. The number of carbonyl (C=O) groups excluding carboxylic acids is 1. The van der Waals surface area contributed by atoms with Crippen LogP contribution in [0.2, 0.25) is 0 Å². The number of methoxy groups -OCH3 is 1. The van der Waals surface area contributed by atoms with Gasteiger partial charge in [-0.2, -0.15) is 0 Å². The molecule has 6 nitrogen and oxygen atoms in total. The van der Waals surface area contributed by atoms with Crippen LogP contribution < -0.4 is 15.2 Å². The molecule has 1 aromatic heterocycles. The lowest BCUT2D eigenvalue weighted by Gasteiger charge is -2.11. The lowest BCUT2D eigenvalue weighted by Crippen LogP contribution is -2.10. The molecule has 104 valence electrons. The molecule has 0 unspecified atom stereocenters. The normalized spacial score (nSPS) is 10.1. The molecule has 20 heavy (non-hydrogen) atoms. The summed E-state index contributed by atoms with van der Waals surface area (Å²) in [5, 5.41) is 9.08. The molecule has 0 atom stereocenters. The number of aliphatic hydroxyl groups is 1. The van der Waals surface area contributed by atoms with Crippen molar-refractivity contribution in [3.63, 3.8) is 0 Å². The summed E-state index contributed by atoms with van der Waals surface area (Å²) in [4.78, 5) is 15.1. The van der Waals surface area contributed by atoms with Gasteiger partial charge >= 0.3 is 0 Å². The van der Waals surface area contributed by atoms with E-state index in [4.69, 9.17) is 20.3 Å². The molecule has 0 fully saturated rings. The SMILES string of the molecule is COc1cc(CO)ccc1Oc1cc(C(N)=O)ccn1. The number of primary amides is 1. The third kappa shape index (κ3) is 3.04. The van der Waals surface area contributed by atoms with Gasteiger partial charge in [0.15, 0.2) is 11.5 Å². The molecule has 1 aromatic carbocycles. The molecular formula is C14H14N2O4. The number of aliphatic hydroxyl groups excluding tert-OH is 1. The van der Waals surface area contributed by atoms with Crippen LogP contribution in [0.15, 0.2) is 36.5 Å². The van der Waals surface area contributed by atoms with Gasteiger partial charge < -0.3 is 20.3 Å². The molecule has 0 bridgehead atoms. The van der Waals surface area contributed by atoms with Gasteiger partial charge in [-0.05, 0) is 23.8 Å². The highest BCUT2D eigenvalue weighted by atomic mass is 16.5. The van der Waals surface area contributed by atoms with E-state index in [9.17, 15) is 4.79 Å². The van der Waals surface area contributed by atoms with Crippen molar-refractivity contribution in [3.05, 3.63) is 47.7 Å². The molecule has 0 saturated heterocycles. The number of carbonyl (C=O) groups is 1. The van der Waals surface area contributed by atoms with E-state index in [1.54, 1.807) is 18.2 Å². The molecule has 3 N–H and O–H groups in total. The molecular weight excluding hydrogens is 260 g/mol. The first kappa shape index (κ1) is 13.8. The fraction of sp³-hybridized carbons (Fsp3) is 0.143. The second kappa shape index (κ2) is 6.03. The number of aromatic nitrogens is 1. The number of hydrogen-bond donors (Lipinski definition) is 2. The zero-order chi connectivity index (χ0) is 14.5. The Kier molecular flexibility index (Phi) is 4.17. The minimum Gasteiger partial charge on any atom is -0.493 e. The molecule has 2 aromatic rings. The molecule has 1 amide bonds. The highest BCUT2D eigenvalue weighted by Crippen LogP contribution is 2.31. The van der Waals surface area contributed by atoms with Gasteiger partial charge in [0, 0.05) is 17.8 Å². The molecule has 0 radical (unpaired) electrons. The first-order valence-corrected chi connectivity index (χ1v) is 5.85. The van der Waals surface area contributed by atoms with E-state index in [0.717, 1.165) is 0 Å². The maximum Gasteiger partial charge on any atom is 0.248 e. The van der Waals surface area contributed by atoms with Gasteiger partial charge in [-0.1, -0.05) is 6.07 Å². The van der Waals surface area contributed by atoms with E-state index >= 15 is 0 Å². The molecule has 0 saturated carbocycles. The highest BCUT2D eigenvalue weighted by Gasteiger charge is 2.09. The molecule has 2 rings (SSSR count). The van der Waals surface area contributed by atoms with Crippen LogP contribution in [-0.2, 0) is 6.61 Å². The second-order valence-corrected chi connectivity index (χ2v) is 3.99. The van der Waals surface area contributed by atoms with Crippen molar-refractivity contribution < 1.29 is 19.4 Å². The zero-order valence-electron chi connectivity index (χ0n) is 10.9. The van der Waals surface area contributed by atoms with Gasteiger partial charge in [0.05, 0.1) is 13.7 Å². The molecule has 0 aliphatic carbocycles. The number of pyridine rings is 1. The minimum absolute atomic E-state index is 0.0912. The monoisotopic (exact) mass is 274 g/mol. The van der Waals surface area contributed by atoms with Crippen LogP contribution in [0.25, 0.3) is 0 Å². The maximum atomic E-state index is 11.1. The highest BCUT2D eigenvalue weighted by molar-refractivity contribution is 5.92. The van der Waals surface area contributed by atoms with Crippen LogP contribution in [0.4, 0.5) is 0 Å². The van der Waals surface area contributed by atoms with E-state index in [2.05, 4.69) is 4.98 Å². The van der Waals surface area contributed by atoms with Crippen molar-refractivity contribution in [1.82, 2.24) is 4.98 Å². The molecule has 1 heterocycles. The Labute approximate surface area is 115 Å². The van der Waals surface area contributed by atoms with Gasteiger partial charge in [0.1, 0.15) is 0 Å². The summed E-state index contributed by atoms with van der Waals surface area (Å²) in [6.45, 7) is -0.0912. The Bertz CT molecular complexity index is 628. The quantitative estimate of drug-likeness (QED) is 0.861. The summed E-state index contributed by atoms with van der Waals surface area (Å²) in [7, 11) is 1.50. The predicted molar refractivity (Wildman–Crippen MR) is 71.7 cm³/mol. The van der Waals surface area contributed by atoms with Crippen molar-refractivity contribution >= 4 is 5.91 Å². The Morgan fingerprint density at radius 1 is 1.30 bits per heavy atom. The summed E-state index contributed by atoms with van der Waals surface area (Å²) in [5.74, 6) is 0.567. The number of rotatable bonds is 5. The predicted octanol–water partition coefficient (Wildman–Crippen LogP) is 1.47. The van der Waals surface area contributed by atoms with Crippen LogP contribution in [-0.4, -0.2) is 23.1 Å². The number of nitrogens with two attached hydrogens (primary N) is 1. The summed E-state index contributed by atoms with van der Waals surface area (Å²) in [6.07, 6.45) is 1.43. The number of hydrogen-bond acceptors (Lipinski definition) is 5. The lowest BCUT2D eigenvalue weighted by molar-refractivity contribution is 0.1000. The molecule has 0 aliphatic rings. The van der Waals surface area contributed by atoms with Gasteiger partial charge in [-0.15, -0.1) is 0 Å². The van der Waals surface area contributed by atoms with Crippen molar-refractivity contribution in [3.8, 4) is 17.4 Å². The van der Waals surface area contributed by atoms with E-state index in [-0.39, 0.29) is 12.5 Å². The van der Waals surface area contributed by atoms with Crippen molar-refractivity contribution in [2.45, 2.75) is 6.61 Å². The maximum absolute atomic E-state index is 11.1. The number of benzene rings is 1. The summed E-state index contributed by atoms with van der Waals surface area (Å²) in [6, 6.07) is 7.97. The van der Waals surface area contributed by atoms with Crippen LogP contribution in [0.5, 0.6) is 17.4 Å². The topological polar surface area (TPSA) is 94.7 Å². The molecule has 6 heteroatoms. The van der Waals surface area contributed by atoms with E-state index < -0.39 is 5.91 Å². The van der Waals surface area contributed by atoms with E-state index in [0.29, 0.717) is 22.6 Å². The minimum atomic E-state index is -0.556. The van der Waals surface area contributed by atoms with Gasteiger partial charge in [0.2, 0.25) is 11.8 Å². The second-order valence-electron chi connectivity index (χ2n) is 3.99. The van der Waals surface area contributed by atoms with Crippen LogP contribution in [0, 0.1) is 0 Å². The largest absolute Gasteiger partial charge is 0.493 e. The summed E-state index contributed by atoms with van der Waals surface area (Å²) in [5.41, 5.74) is 6.20. The van der Waals surface area contributed by atoms with Crippen molar-refractivity contribution in [2.75, 3.05) is 7.11 Å². The van der Waals surface area contributed by atoms with E-state index in [1.165, 1.54) is 25.4 Å². The van der Waals surface area contributed by atoms with Crippen LogP contribution in [0.3, 0.4) is 0 Å². The number of nitrogens with zero attached hydrogens (tertiary/aromatic N) is 1. The fourth-order valence-electron chi connectivity index (χ4n) is 1.63. The first-order valence-electron chi connectivity index (χ1n) is 5.85. The Morgan fingerprint density at radius 2 is 2.10 bits per heavy atom. The lowest BCUT2D eigenvalue weighted by atomic mass is 10.2. The zero-order valence-corrected chi connectivity index (χ0v) is 10.9. The standard InChI is InChI=1S/C14H14N2O4/c1-19-12-6-9(8-17)2-3-11(12)20-13-7-10(14(15)18)4-5-16-13/h2-7,17H,8H2,1H3,(H2,15,18). The molecule has 0 aliphatic heterocycles. The van der Waals surface area contributed by atoms with Gasteiger partial charge in [-0.25, -0.2) is 4.98 Å². The van der Waals surface area contributed by atoms with Crippen LogP contribution in [0.1, 0.15) is 15.9 Å². The van der Waals surface area contributed by atoms with Crippen LogP contribution >= 0.6 is 0 Å². The number of amides is 1. The third-order valence-corrected chi connectivity index (χ3v) is 2.64. The average molecular weight is 274 g/mol. The first-order chi connectivity index (χ1) is 9.63. The summed E-state index contributed by atoms with van der Waals surface area (Å²) < 4.78 is 10.7. The van der Waals surface area contributed by atoms with Crippen molar-refractivity contribution in [2.24, 2.45) is 5.73 Å². The number of ether oxygens (including phenoxy) is 2. The van der Waals surface area contributed by atoms with Crippen molar-refractivity contribution in [1.29, 1.82) is 0 Å². The molecule has 0 spiro atoms. The Morgan fingerprint density at radius 3 is 2.75 bits per heavy atom. The Balaban J connectivity index is 2.29. The summed E-state index contributed by atoms with van der Waals surface area (Å²) >= 11 is 0. The smallest absolute Gasteiger partial charge is 0.248 e. The third-order valence-electron chi connectivity index (χ3n) is 2.64. The van der Waals surface area contributed by atoms with Gasteiger partial charge in [-0.3, -0.25) is 4.79 Å². The Hall–Kier alpha value is -2.60.